The summed E-state index contributed by atoms with van der Waals surface area (Å²) in [6.07, 6.45) is 0. The van der Waals surface area contributed by atoms with Gasteiger partial charge in [0.05, 0.1) is 15.1 Å². The molecule has 0 unspecified atom stereocenters. The van der Waals surface area contributed by atoms with E-state index in [4.69, 9.17) is 32.7 Å². The molecule has 0 aliphatic heterocycles. The normalized spacial score (nSPS) is 13.5. The largest absolute Gasteiger partial charge is 0.504 e. The Labute approximate surface area is 741 Å². The minimum atomic E-state index is -0.487. The number of phenols is 1. The molecule has 19 aromatic carbocycles. The monoisotopic (exact) mass is 1810 g/mol. The van der Waals surface area contributed by atoms with Crippen molar-refractivity contribution in [1.29, 1.82) is 0 Å². The first kappa shape index (κ1) is 63.0. The van der Waals surface area contributed by atoms with Gasteiger partial charge in [-0.15, -0.1) is 0 Å². The molecule has 572 valence electrons. The molecule has 1 aliphatic rings. The molecule has 9 heteroatoms. The average Bonchev–Trinajstić information content (AvgIpc) is 1.72. The zero-order chi connectivity index (χ0) is 90.4. The minimum absolute atomic E-state index is 0.00155. The fourth-order valence-corrected chi connectivity index (χ4v) is 18.4. The van der Waals surface area contributed by atoms with Gasteiger partial charge in [0, 0.05) is 88.6 Å². The van der Waals surface area contributed by atoms with Gasteiger partial charge in [0.15, 0.2) is 11.3 Å². The summed E-state index contributed by atoms with van der Waals surface area (Å²) < 4.78 is 124. The van der Waals surface area contributed by atoms with Crippen LogP contribution in [0.25, 0.3) is 209 Å². The van der Waals surface area contributed by atoms with E-state index in [0.29, 0.717) is 39.0 Å². The predicted octanol–water partition coefficient (Wildman–Crippen LogP) is 34.5. The Morgan fingerprint density at radius 3 is 1.33 bits per heavy atom. The van der Waals surface area contributed by atoms with Crippen LogP contribution in [0, 0.1) is 0 Å². The Hall–Kier alpha value is -13.1. The molecule has 1 aliphatic carbocycles. The highest BCUT2D eigenvalue weighted by atomic mass is 79.9. The number of aromatic hydroxyl groups is 1. The van der Waals surface area contributed by atoms with Crippen LogP contribution < -0.4 is 0 Å². The van der Waals surface area contributed by atoms with E-state index < -0.39 is 24.2 Å². The second-order valence-electron chi connectivity index (χ2n) is 30.3. The van der Waals surface area contributed by atoms with Gasteiger partial charge in [0.2, 0.25) is 0 Å². The quantitative estimate of drug-likeness (QED) is 0.172. The maximum Gasteiger partial charge on any atom is 0.177 e. The van der Waals surface area contributed by atoms with E-state index in [9.17, 15) is 5.11 Å². The standard InChI is InChI=1S/C32H19BrO.C28H17BrO2.C27H19BrO.C24H15BrO/c33-27-14-13-22-16-25(12-11-24(22)17-27)29-18-26(23-10-9-20-5-1-2-6-21(20)15-23)19-30-28-7-3-4-8-31(28)34-32(29)30;29-25-16-15-19(21-5-1-2-6-22(21)25)17-11-13-18(14-12-17)20-7-3-8-23-24-9-4-10-26(30)28(24)31-27(20)23;1-27(2)23-14-16(10-12-19(23)20-13-11-17(28)15-24(20)27)18-7-5-8-22-21-6-3-4-9-25(21)29-26(18)22;25-19-14-12-17(13-15-19)16-8-10-18(11-9-16)20-5-3-6-22-21-4-1-2-7-23(21)26-24(20)22/h1-19H;1-16,30H;3-15H,1-2H3;1-15H/i1D,2D,5D,6D,9D,10D,15D;11D,12D,13D,14D;;. The zero-order valence-electron chi connectivity index (χ0n) is 75.1. The molecular formula is C111H70Br4O5. The SMILES string of the molecule is Brc1ccc(-c2ccc(-c3cccc4c3oc3ccccc34)cc2)cc1.CC1(C)c2cc(Br)ccc2-c2ccc(-c3cccc4c3oc3ccccc34)cc21.[2H]c1c([2H])c(-c2cccc3c2oc2c(O)cccc23)c([2H])c([2H])c1-c1ccc(Br)c2ccccc12.[2H]c1c([2H])c([2H])c2c([2H])c(-c3cc(-c4ccc5cc(Br)ccc5c4)c4oc5ccccc5c4c3)c([2H])c([2H])c2c1[2H]. The molecule has 1 N–H and O–H groups in total. The third-order valence-electron chi connectivity index (χ3n) is 22.8. The molecular weight excluding hydrogens is 1730 g/mol. The third-order valence-corrected chi connectivity index (χ3v) is 25.0. The van der Waals surface area contributed by atoms with Gasteiger partial charge in [-0.1, -0.05) is 362 Å². The van der Waals surface area contributed by atoms with Gasteiger partial charge in [-0.05, 0) is 207 Å². The third kappa shape index (κ3) is 13.5. The first-order valence-corrected chi connectivity index (χ1v) is 42.2. The van der Waals surface area contributed by atoms with Crippen molar-refractivity contribution < 1.29 is 37.9 Å². The van der Waals surface area contributed by atoms with E-state index in [1.165, 1.54) is 55.8 Å². The van der Waals surface area contributed by atoms with Crippen LogP contribution in [0.5, 0.6) is 5.75 Å². The van der Waals surface area contributed by atoms with Gasteiger partial charge in [0.25, 0.3) is 0 Å². The van der Waals surface area contributed by atoms with Crippen molar-refractivity contribution >= 4 is 184 Å². The van der Waals surface area contributed by atoms with Crippen molar-refractivity contribution in [2.24, 2.45) is 0 Å². The molecule has 4 aromatic heterocycles. The second kappa shape index (κ2) is 30.7. The van der Waals surface area contributed by atoms with E-state index in [0.717, 1.165) is 122 Å². The molecule has 0 radical (unpaired) electrons. The average molecular weight is 1810 g/mol. The molecule has 0 spiro atoms. The van der Waals surface area contributed by atoms with Gasteiger partial charge in [0.1, 0.15) is 39.1 Å². The Kier molecular flexibility index (Phi) is 16.1. The van der Waals surface area contributed by atoms with Crippen molar-refractivity contribution in [3.63, 3.8) is 0 Å². The molecule has 24 rings (SSSR count). The maximum absolute atomic E-state index is 10.3. The molecule has 4 heterocycles. The number of rotatable bonds is 7. The zero-order valence-corrected chi connectivity index (χ0v) is 70.5. The molecule has 0 saturated carbocycles. The Morgan fingerprint density at radius 2 is 0.675 bits per heavy atom. The summed E-state index contributed by atoms with van der Waals surface area (Å²) in [6, 6.07) is 102. The van der Waals surface area contributed by atoms with Gasteiger partial charge >= 0.3 is 0 Å². The number of halogens is 4. The van der Waals surface area contributed by atoms with Crippen LogP contribution in [0.1, 0.15) is 40.1 Å². The summed E-state index contributed by atoms with van der Waals surface area (Å²) in [6.45, 7) is 4.63. The van der Waals surface area contributed by atoms with Crippen molar-refractivity contribution in [2.45, 2.75) is 19.3 Å². The summed E-state index contributed by atoms with van der Waals surface area (Å²) in [5.74, 6) is 0.00155. The summed E-state index contributed by atoms with van der Waals surface area (Å²) in [7, 11) is 0. The summed E-state index contributed by atoms with van der Waals surface area (Å²) >= 11 is 14.2. The van der Waals surface area contributed by atoms with Gasteiger partial charge in [-0.3, -0.25) is 0 Å². The predicted molar refractivity (Wildman–Crippen MR) is 515 cm³/mol. The number of phenolic OH excluding ortho intramolecular Hbond substituents is 1. The molecule has 0 saturated heterocycles. The molecule has 0 atom stereocenters. The molecule has 0 bridgehead atoms. The fourth-order valence-electron chi connectivity index (χ4n) is 16.9. The van der Waals surface area contributed by atoms with Crippen LogP contribution in [0.3, 0.4) is 0 Å². The first-order chi connectivity index (χ1) is 63.4. The van der Waals surface area contributed by atoms with E-state index in [1.54, 1.807) is 18.2 Å². The molecule has 0 fully saturated rings. The lowest BCUT2D eigenvalue weighted by molar-refractivity contribution is 0.469. The molecule has 5 nitrogen and oxygen atoms in total. The lowest BCUT2D eigenvalue weighted by Gasteiger charge is -2.22. The topological polar surface area (TPSA) is 72.8 Å². The lowest BCUT2D eigenvalue weighted by Crippen LogP contribution is -2.15. The summed E-state index contributed by atoms with van der Waals surface area (Å²) in [4.78, 5) is 0. The van der Waals surface area contributed by atoms with Gasteiger partial charge < -0.3 is 22.8 Å². The van der Waals surface area contributed by atoms with Crippen LogP contribution in [-0.2, 0) is 5.41 Å². The van der Waals surface area contributed by atoms with Crippen molar-refractivity contribution in [2.75, 3.05) is 0 Å². The van der Waals surface area contributed by atoms with Gasteiger partial charge in [-0.2, -0.15) is 0 Å². The highest BCUT2D eigenvalue weighted by Gasteiger charge is 2.36. The van der Waals surface area contributed by atoms with E-state index >= 15 is 0 Å². The molecule has 120 heavy (non-hydrogen) atoms. The molecule has 23 aromatic rings. The minimum Gasteiger partial charge on any atom is -0.504 e. The van der Waals surface area contributed by atoms with Crippen LogP contribution in [0.4, 0.5) is 0 Å². The van der Waals surface area contributed by atoms with Crippen LogP contribution >= 0.6 is 63.7 Å². The van der Waals surface area contributed by atoms with E-state index in [1.807, 2.05) is 140 Å². The number of hydrogen-bond acceptors (Lipinski definition) is 5. The van der Waals surface area contributed by atoms with Crippen LogP contribution in [-0.4, -0.2) is 5.11 Å². The lowest BCUT2D eigenvalue weighted by atomic mass is 9.81. The Bertz CT molecular complexity index is 8710. The highest BCUT2D eigenvalue weighted by Crippen LogP contribution is 2.52. The maximum atomic E-state index is 10.3. The second-order valence-corrected chi connectivity index (χ2v) is 33.9. The van der Waals surface area contributed by atoms with E-state index in [2.05, 4.69) is 229 Å². The Balaban J connectivity index is 0.000000107. The summed E-state index contributed by atoms with van der Waals surface area (Å²) in [5.41, 5.74) is 22.0. The highest BCUT2D eigenvalue weighted by molar-refractivity contribution is 9.11. The van der Waals surface area contributed by atoms with Crippen LogP contribution in [0.15, 0.2) is 417 Å². The number of para-hydroxylation sites is 7. The smallest absolute Gasteiger partial charge is 0.177 e. The Morgan fingerprint density at radius 1 is 0.250 bits per heavy atom. The number of fused-ring (bicyclic) bond motifs is 18. The fraction of sp³-hybridized carbons (Fsp3) is 0.0270. The van der Waals surface area contributed by atoms with E-state index in [-0.39, 0.29) is 80.9 Å². The van der Waals surface area contributed by atoms with Crippen LogP contribution in [0.2, 0.25) is 0 Å². The van der Waals surface area contributed by atoms with Gasteiger partial charge in [-0.25, -0.2) is 0 Å². The number of benzene rings is 19. The summed E-state index contributed by atoms with van der Waals surface area (Å²) in [5, 5.41) is 21.7. The van der Waals surface area contributed by atoms with Crippen molar-refractivity contribution in [1.82, 2.24) is 0 Å². The molecule has 0 amide bonds. The van der Waals surface area contributed by atoms with Crippen molar-refractivity contribution in [3.05, 3.63) is 411 Å². The number of furan rings is 4. The first-order valence-electron chi connectivity index (χ1n) is 44.6. The number of hydrogen-bond donors (Lipinski definition) is 1. The van der Waals surface area contributed by atoms with Crippen molar-refractivity contribution in [3.8, 4) is 94.8 Å².